The van der Waals surface area contributed by atoms with Gasteiger partial charge in [-0.3, -0.25) is 9.09 Å². The van der Waals surface area contributed by atoms with E-state index in [2.05, 4.69) is 9.68 Å². The number of alkyl halides is 3. The molecule has 0 spiro atoms. The fourth-order valence-electron chi connectivity index (χ4n) is 2.35. The maximum atomic E-state index is 12.9. The van der Waals surface area contributed by atoms with Gasteiger partial charge in [-0.15, -0.1) is 0 Å². The summed E-state index contributed by atoms with van der Waals surface area (Å²) in [5.74, 6) is -0.792. The van der Waals surface area contributed by atoms with E-state index in [1.165, 1.54) is 28.8 Å². The van der Waals surface area contributed by atoms with Crippen LogP contribution < -0.4 is 5.76 Å². The fourth-order valence-corrected chi connectivity index (χ4v) is 2.35. The van der Waals surface area contributed by atoms with Gasteiger partial charge in [0.15, 0.2) is 5.82 Å². The molecule has 0 atom stereocenters. The molecule has 130 valence electrons. The average Bonchev–Trinajstić information content (AvgIpc) is 2.90. The van der Waals surface area contributed by atoms with Crippen LogP contribution >= 0.6 is 0 Å². The normalized spacial score (nSPS) is 11.7. The average molecular weight is 352 g/mol. The molecule has 0 amide bonds. The molecule has 0 radical (unpaired) electrons. The van der Waals surface area contributed by atoms with Crippen LogP contribution in [0.4, 0.5) is 17.6 Å². The van der Waals surface area contributed by atoms with Crippen LogP contribution in [0.5, 0.6) is 0 Å². The van der Waals surface area contributed by atoms with E-state index >= 15 is 0 Å². The standard InChI is InChI=1S/C17H12F4N2O2/c18-14-7-3-11(4-8-14)9-15-22-25-16(24)23(15)10-12-1-5-13(6-2-12)17(19,20)21/h1-8H,9-10H2. The minimum Gasteiger partial charge on any atom is -0.296 e. The Labute approximate surface area is 139 Å². The highest BCUT2D eigenvalue weighted by Crippen LogP contribution is 2.29. The van der Waals surface area contributed by atoms with Gasteiger partial charge in [0.05, 0.1) is 12.1 Å². The fraction of sp³-hybridized carbons (Fsp3) is 0.176. The molecule has 0 aliphatic heterocycles. The zero-order chi connectivity index (χ0) is 18.0. The Morgan fingerprint density at radius 1 is 0.960 bits per heavy atom. The Kier molecular flexibility index (Phi) is 4.43. The van der Waals surface area contributed by atoms with Crippen molar-refractivity contribution in [3.05, 3.63) is 87.4 Å². The zero-order valence-corrected chi connectivity index (χ0v) is 12.8. The van der Waals surface area contributed by atoms with Crippen molar-refractivity contribution in [2.24, 2.45) is 0 Å². The number of hydrogen-bond donors (Lipinski definition) is 0. The Morgan fingerprint density at radius 2 is 1.56 bits per heavy atom. The largest absolute Gasteiger partial charge is 0.441 e. The van der Waals surface area contributed by atoms with Gasteiger partial charge >= 0.3 is 11.9 Å². The van der Waals surface area contributed by atoms with E-state index in [-0.39, 0.29) is 18.8 Å². The van der Waals surface area contributed by atoms with E-state index in [1.807, 2.05) is 0 Å². The zero-order valence-electron chi connectivity index (χ0n) is 12.8. The summed E-state index contributed by atoms with van der Waals surface area (Å²) in [5.41, 5.74) is 0.454. The molecule has 2 aromatic carbocycles. The first kappa shape index (κ1) is 16.9. The monoisotopic (exact) mass is 352 g/mol. The molecule has 0 saturated carbocycles. The molecule has 4 nitrogen and oxygen atoms in total. The molecular weight excluding hydrogens is 340 g/mol. The lowest BCUT2D eigenvalue weighted by Gasteiger charge is -2.08. The maximum Gasteiger partial charge on any atom is 0.441 e. The van der Waals surface area contributed by atoms with Crippen LogP contribution in [0.15, 0.2) is 57.8 Å². The Morgan fingerprint density at radius 3 is 2.16 bits per heavy atom. The summed E-state index contributed by atoms with van der Waals surface area (Å²) in [6.45, 7) is 0.0248. The van der Waals surface area contributed by atoms with Gasteiger partial charge in [0.2, 0.25) is 0 Å². The Hall–Kier alpha value is -2.90. The molecule has 1 heterocycles. The number of aromatic nitrogens is 2. The van der Waals surface area contributed by atoms with Crippen molar-refractivity contribution >= 4 is 0 Å². The maximum absolute atomic E-state index is 12.9. The van der Waals surface area contributed by atoms with Gasteiger partial charge in [0.1, 0.15) is 5.82 Å². The highest BCUT2D eigenvalue weighted by Gasteiger charge is 2.30. The van der Waals surface area contributed by atoms with Gasteiger partial charge in [0.25, 0.3) is 0 Å². The predicted molar refractivity (Wildman–Crippen MR) is 80.5 cm³/mol. The minimum absolute atomic E-state index is 0.0248. The van der Waals surface area contributed by atoms with Crippen LogP contribution in [0.25, 0.3) is 0 Å². The SMILES string of the molecule is O=c1onc(Cc2ccc(F)cc2)n1Cc1ccc(C(F)(F)F)cc1. The molecule has 0 unspecified atom stereocenters. The van der Waals surface area contributed by atoms with E-state index in [4.69, 9.17) is 0 Å². The molecule has 25 heavy (non-hydrogen) atoms. The van der Waals surface area contributed by atoms with Crippen LogP contribution in [0.1, 0.15) is 22.5 Å². The highest BCUT2D eigenvalue weighted by atomic mass is 19.4. The second kappa shape index (κ2) is 6.54. The Bertz CT molecular complexity index is 910. The van der Waals surface area contributed by atoms with Crippen molar-refractivity contribution in [1.29, 1.82) is 0 Å². The molecule has 0 aliphatic rings. The van der Waals surface area contributed by atoms with Crippen molar-refractivity contribution in [3.8, 4) is 0 Å². The van der Waals surface area contributed by atoms with Crippen LogP contribution in [0, 0.1) is 5.82 Å². The van der Waals surface area contributed by atoms with Gasteiger partial charge < -0.3 is 0 Å². The van der Waals surface area contributed by atoms with Crippen molar-refractivity contribution in [2.75, 3.05) is 0 Å². The van der Waals surface area contributed by atoms with E-state index in [9.17, 15) is 22.4 Å². The van der Waals surface area contributed by atoms with Crippen molar-refractivity contribution in [3.63, 3.8) is 0 Å². The molecule has 3 aromatic rings. The molecule has 0 fully saturated rings. The summed E-state index contributed by atoms with van der Waals surface area (Å²) in [6, 6.07) is 10.2. The Balaban J connectivity index is 1.82. The molecule has 0 aliphatic carbocycles. The third-order valence-corrected chi connectivity index (χ3v) is 3.66. The van der Waals surface area contributed by atoms with Gasteiger partial charge in [-0.05, 0) is 35.4 Å². The van der Waals surface area contributed by atoms with E-state index in [0.29, 0.717) is 11.4 Å². The van der Waals surface area contributed by atoms with Crippen LogP contribution in [0.2, 0.25) is 0 Å². The lowest BCUT2D eigenvalue weighted by atomic mass is 10.1. The molecular formula is C17H12F4N2O2. The molecule has 0 bridgehead atoms. The van der Waals surface area contributed by atoms with E-state index in [1.54, 1.807) is 12.1 Å². The van der Waals surface area contributed by atoms with Gasteiger partial charge in [-0.25, -0.2) is 9.18 Å². The van der Waals surface area contributed by atoms with Crippen molar-refractivity contribution < 1.29 is 22.1 Å². The van der Waals surface area contributed by atoms with Gasteiger partial charge in [-0.2, -0.15) is 13.2 Å². The summed E-state index contributed by atoms with van der Waals surface area (Å²) >= 11 is 0. The molecule has 1 aromatic heterocycles. The lowest BCUT2D eigenvalue weighted by Crippen LogP contribution is -2.18. The first-order valence-corrected chi connectivity index (χ1v) is 7.29. The summed E-state index contributed by atoms with van der Waals surface area (Å²) in [6.07, 6.45) is -4.19. The smallest absolute Gasteiger partial charge is 0.296 e. The van der Waals surface area contributed by atoms with Gasteiger partial charge in [-0.1, -0.05) is 29.4 Å². The number of benzene rings is 2. The van der Waals surface area contributed by atoms with Crippen LogP contribution in [0.3, 0.4) is 0 Å². The summed E-state index contributed by atoms with van der Waals surface area (Å²) in [4.78, 5) is 11.8. The van der Waals surface area contributed by atoms with Crippen molar-refractivity contribution in [2.45, 2.75) is 19.1 Å². The second-order valence-electron chi connectivity index (χ2n) is 5.45. The lowest BCUT2D eigenvalue weighted by molar-refractivity contribution is -0.137. The summed E-state index contributed by atoms with van der Waals surface area (Å²) in [7, 11) is 0. The van der Waals surface area contributed by atoms with Gasteiger partial charge in [0, 0.05) is 6.42 Å². The molecule has 0 N–H and O–H groups in total. The first-order valence-electron chi connectivity index (χ1n) is 7.29. The van der Waals surface area contributed by atoms with E-state index in [0.717, 1.165) is 17.7 Å². The summed E-state index contributed by atoms with van der Waals surface area (Å²) < 4.78 is 56.6. The van der Waals surface area contributed by atoms with Crippen molar-refractivity contribution in [1.82, 2.24) is 9.72 Å². The highest BCUT2D eigenvalue weighted by molar-refractivity contribution is 5.25. The van der Waals surface area contributed by atoms with E-state index < -0.39 is 17.5 Å². The third kappa shape index (κ3) is 3.96. The molecule has 8 heteroatoms. The number of hydrogen-bond acceptors (Lipinski definition) is 3. The third-order valence-electron chi connectivity index (χ3n) is 3.66. The first-order chi connectivity index (χ1) is 11.8. The minimum atomic E-state index is -4.42. The molecule has 3 rings (SSSR count). The predicted octanol–water partition coefficient (Wildman–Crippen LogP) is 3.63. The topological polar surface area (TPSA) is 48.0 Å². The quantitative estimate of drug-likeness (QED) is 0.674. The van der Waals surface area contributed by atoms with Crippen LogP contribution in [-0.2, 0) is 19.1 Å². The number of halogens is 4. The number of nitrogens with zero attached hydrogens (tertiary/aromatic N) is 2. The second-order valence-corrected chi connectivity index (χ2v) is 5.45. The van der Waals surface area contributed by atoms with Crippen LogP contribution in [-0.4, -0.2) is 9.72 Å². The summed E-state index contributed by atoms with van der Waals surface area (Å²) in [5, 5.41) is 3.69. The molecule has 0 saturated heterocycles. The number of rotatable bonds is 4.